The predicted molar refractivity (Wildman–Crippen MR) is 99.2 cm³/mol. The molecule has 2 aromatic rings. The van der Waals surface area contributed by atoms with Crippen molar-refractivity contribution in [2.75, 3.05) is 7.11 Å². The molecule has 2 rings (SSSR count). The van der Waals surface area contributed by atoms with Gasteiger partial charge in [0.05, 0.1) is 17.6 Å². The normalized spacial score (nSPS) is 11.0. The summed E-state index contributed by atoms with van der Waals surface area (Å²) in [6.45, 7) is -0.488. The van der Waals surface area contributed by atoms with E-state index in [4.69, 9.17) is 0 Å². The average Bonchev–Trinajstić information content (AvgIpc) is 2.57. The maximum Gasteiger partial charge on any atom is 0.339 e. The van der Waals surface area contributed by atoms with Crippen molar-refractivity contribution in [3.63, 3.8) is 0 Å². The summed E-state index contributed by atoms with van der Waals surface area (Å²) in [5, 5.41) is 0. The van der Waals surface area contributed by atoms with Gasteiger partial charge in [0.25, 0.3) is 21.5 Å². The van der Waals surface area contributed by atoms with Crippen LogP contribution in [0.2, 0.25) is 0 Å². The van der Waals surface area contributed by atoms with Crippen LogP contribution in [0.3, 0.4) is 0 Å². The second-order valence-electron chi connectivity index (χ2n) is 4.98. The number of carbonyl (C=O) groups excluding carboxylic acids is 2. The van der Waals surface area contributed by atoms with Gasteiger partial charge in [0.2, 0.25) is 0 Å². The fourth-order valence-electron chi connectivity index (χ4n) is 1.96. The molecule has 11 heteroatoms. The molecule has 0 unspecified atom stereocenters. The van der Waals surface area contributed by atoms with Gasteiger partial charge in [-0.2, -0.15) is 0 Å². The Hall–Kier alpha value is -1.98. The first-order valence-electron chi connectivity index (χ1n) is 6.93. The van der Waals surface area contributed by atoms with Crippen molar-refractivity contribution in [1.82, 2.24) is 9.29 Å². The Morgan fingerprint density at radius 2 is 1.88 bits per heavy atom. The molecule has 0 spiro atoms. The van der Waals surface area contributed by atoms with E-state index in [2.05, 4.69) is 36.6 Å². The van der Waals surface area contributed by atoms with Crippen LogP contribution >= 0.6 is 31.9 Å². The number of amides is 1. The molecule has 0 atom stereocenters. The Labute approximate surface area is 165 Å². The number of hydrogen-bond donors (Lipinski definition) is 1. The summed E-state index contributed by atoms with van der Waals surface area (Å²) >= 11 is 6.28. The third-order valence-electron chi connectivity index (χ3n) is 3.16. The van der Waals surface area contributed by atoms with Crippen molar-refractivity contribution in [2.24, 2.45) is 0 Å². The van der Waals surface area contributed by atoms with Gasteiger partial charge in [-0.25, -0.2) is 17.9 Å². The number of nitrogens with one attached hydrogen (secondary N) is 1. The quantitative estimate of drug-likeness (QED) is 0.616. The van der Waals surface area contributed by atoms with Gasteiger partial charge in [-0.05, 0) is 56.1 Å². The van der Waals surface area contributed by atoms with Gasteiger partial charge in [-0.15, -0.1) is 0 Å². The summed E-state index contributed by atoms with van der Waals surface area (Å²) in [5.41, 5.74) is -0.469. The summed E-state index contributed by atoms with van der Waals surface area (Å²) in [6, 6.07) is 6.39. The van der Waals surface area contributed by atoms with Gasteiger partial charge < -0.3 is 9.30 Å². The molecule has 138 valence electrons. The average molecular weight is 508 g/mol. The van der Waals surface area contributed by atoms with Crippen LogP contribution in [0.25, 0.3) is 0 Å². The number of benzene rings is 1. The van der Waals surface area contributed by atoms with E-state index in [0.29, 0.717) is 8.95 Å². The Kier molecular flexibility index (Phi) is 6.37. The molecule has 1 amide bonds. The second-order valence-corrected chi connectivity index (χ2v) is 8.43. The van der Waals surface area contributed by atoms with E-state index in [1.165, 1.54) is 30.5 Å². The Balaban J connectivity index is 2.25. The zero-order valence-electron chi connectivity index (χ0n) is 13.2. The van der Waals surface area contributed by atoms with Crippen LogP contribution in [0.15, 0.2) is 55.2 Å². The number of ether oxygens (including phenoxy) is 1. The minimum absolute atomic E-state index is 0.00830. The van der Waals surface area contributed by atoms with Crippen LogP contribution in [-0.2, 0) is 26.1 Å². The molecular formula is C15H12Br2N2O6S. The lowest BCUT2D eigenvalue weighted by Crippen LogP contribution is -2.35. The van der Waals surface area contributed by atoms with Crippen LogP contribution in [0.5, 0.6) is 0 Å². The van der Waals surface area contributed by atoms with Crippen LogP contribution < -0.4 is 10.3 Å². The fourth-order valence-corrected chi connectivity index (χ4v) is 3.75. The smallest absolute Gasteiger partial charge is 0.339 e. The summed E-state index contributed by atoms with van der Waals surface area (Å²) in [6.07, 6.45) is 1.36. The number of methoxy groups -OCH3 is 1. The van der Waals surface area contributed by atoms with E-state index in [-0.39, 0.29) is 10.5 Å². The first-order chi connectivity index (χ1) is 12.1. The Bertz CT molecular complexity index is 1030. The number of pyridine rings is 1. The Morgan fingerprint density at radius 1 is 1.19 bits per heavy atom. The highest BCUT2D eigenvalue weighted by Crippen LogP contribution is 2.21. The SMILES string of the molecule is COC(=O)c1cc(S(=O)(=O)NC(=O)Cn2cc(Br)ccc2=O)ccc1Br. The van der Waals surface area contributed by atoms with Crippen molar-refractivity contribution < 1.29 is 22.7 Å². The number of carbonyl (C=O) groups is 2. The Morgan fingerprint density at radius 3 is 2.54 bits per heavy atom. The third-order valence-corrected chi connectivity index (χ3v) is 5.69. The number of halogens is 2. The maximum atomic E-state index is 12.4. The number of rotatable bonds is 5. The molecular weight excluding hydrogens is 496 g/mol. The van der Waals surface area contributed by atoms with Gasteiger partial charge in [-0.3, -0.25) is 9.59 Å². The molecule has 1 aromatic carbocycles. The van der Waals surface area contributed by atoms with Crippen molar-refractivity contribution in [3.8, 4) is 0 Å². The van der Waals surface area contributed by atoms with E-state index in [1.807, 2.05) is 4.72 Å². The van der Waals surface area contributed by atoms with Gasteiger partial charge in [0.15, 0.2) is 0 Å². The predicted octanol–water partition coefficient (Wildman–Crippen LogP) is 1.67. The maximum absolute atomic E-state index is 12.4. The molecule has 0 aliphatic heterocycles. The van der Waals surface area contributed by atoms with Gasteiger partial charge in [0, 0.05) is 21.2 Å². The summed E-state index contributed by atoms with van der Waals surface area (Å²) < 4.78 is 33.1. The van der Waals surface area contributed by atoms with E-state index in [9.17, 15) is 22.8 Å². The number of hydrogen-bond acceptors (Lipinski definition) is 6. The summed E-state index contributed by atoms with van der Waals surface area (Å²) in [7, 11) is -3.08. The van der Waals surface area contributed by atoms with E-state index in [0.717, 1.165) is 17.7 Å². The van der Waals surface area contributed by atoms with Crippen molar-refractivity contribution in [3.05, 3.63) is 61.4 Å². The van der Waals surface area contributed by atoms with Crippen molar-refractivity contribution >= 4 is 53.8 Å². The lowest BCUT2D eigenvalue weighted by atomic mass is 10.2. The molecule has 0 fully saturated rings. The highest BCUT2D eigenvalue weighted by Gasteiger charge is 2.21. The van der Waals surface area contributed by atoms with E-state index < -0.39 is 34.0 Å². The van der Waals surface area contributed by atoms with Crippen LogP contribution in [-0.4, -0.2) is 32.0 Å². The minimum Gasteiger partial charge on any atom is -0.465 e. The first kappa shape index (κ1) is 20.3. The molecule has 0 bridgehead atoms. The van der Waals surface area contributed by atoms with E-state index in [1.54, 1.807) is 0 Å². The number of sulfonamides is 1. The number of aromatic nitrogens is 1. The molecule has 1 aromatic heterocycles. The molecule has 0 radical (unpaired) electrons. The zero-order valence-corrected chi connectivity index (χ0v) is 17.2. The van der Waals surface area contributed by atoms with Crippen LogP contribution in [0.4, 0.5) is 0 Å². The van der Waals surface area contributed by atoms with Gasteiger partial charge in [-0.1, -0.05) is 0 Å². The highest BCUT2D eigenvalue weighted by atomic mass is 79.9. The lowest BCUT2D eigenvalue weighted by Gasteiger charge is -2.10. The topological polar surface area (TPSA) is 112 Å². The molecule has 8 nitrogen and oxygen atoms in total. The molecule has 0 saturated carbocycles. The lowest BCUT2D eigenvalue weighted by molar-refractivity contribution is -0.119. The van der Waals surface area contributed by atoms with E-state index >= 15 is 0 Å². The van der Waals surface area contributed by atoms with Gasteiger partial charge in [0.1, 0.15) is 6.54 Å². The van der Waals surface area contributed by atoms with Crippen molar-refractivity contribution in [1.29, 1.82) is 0 Å². The molecule has 1 heterocycles. The number of esters is 1. The molecule has 0 aliphatic rings. The highest BCUT2D eigenvalue weighted by molar-refractivity contribution is 9.10. The van der Waals surface area contributed by atoms with Crippen molar-refractivity contribution in [2.45, 2.75) is 11.4 Å². The fraction of sp³-hybridized carbons (Fsp3) is 0.133. The third kappa shape index (κ3) is 4.80. The van der Waals surface area contributed by atoms with Gasteiger partial charge >= 0.3 is 5.97 Å². The van der Waals surface area contributed by atoms with Crippen LogP contribution in [0.1, 0.15) is 10.4 Å². The summed E-state index contributed by atoms with van der Waals surface area (Å²) in [5.74, 6) is -1.64. The molecule has 0 saturated heterocycles. The van der Waals surface area contributed by atoms with Crippen LogP contribution in [0, 0.1) is 0 Å². The minimum atomic E-state index is -4.24. The standard InChI is InChI=1S/C15H12Br2N2O6S/c1-25-15(22)11-6-10(3-4-12(11)17)26(23,24)18-13(20)8-19-7-9(16)2-5-14(19)21/h2-7H,8H2,1H3,(H,18,20). The zero-order chi connectivity index (χ0) is 19.5. The first-order valence-corrected chi connectivity index (χ1v) is 10.0. The number of nitrogens with zero attached hydrogens (tertiary/aromatic N) is 1. The molecule has 1 N–H and O–H groups in total. The largest absolute Gasteiger partial charge is 0.465 e. The molecule has 26 heavy (non-hydrogen) atoms. The monoisotopic (exact) mass is 506 g/mol. The second kappa shape index (κ2) is 8.14. The molecule has 0 aliphatic carbocycles. The summed E-state index contributed by atoms with van der Waals surface area (Å²) in [4.78, 5) is 35.1.